The van der Waals surface area contributed by atoms with Gasteiger partial charge in [0.25, 0.3) is 0 Å². The quantitative estimate of drug-likeness (QED) is 0.0647. The first-order chi connectivity index (χ1) is 17.3. The maximum absolute atomic E-state index is 12.4. The average Bonchev–Trinajstić information content (AvgIpc) is 3.57. The molecular weight excluding hydrogens is 482 g/mol. The molecule has 0 unspecified atom stereocenters. The zero-order valence-electron chi connectivity index (χ0n) is 18.6. The number of aromatic nitrogens is 6. The number of carboxylic acid groups (broad SMARTS) is 1. The van der Waals surface area contributed by atoms with Crippen LogP contribution in [-0.4, -0.2) is 99.9 Å². The standard InChI is InChI=1S/C20H21N7O9/c1-2-35-20(34)9-4-23-26-11(9)16-24-15(21-3-8(5-28)19(32)33)12-17(25-16)27(7-22-12)18-14(31)13(30)10(6-29)36-18/h3-5,7,10,13-14,18,29-31H,2,6H2,1H3,(H,23,26)(H,32,33)(H,21,24,25)/t10-,13-,14-,18-/m1/s1. The summed E-state index contributed by atoms with van der Waals surface area (Å²) < 4.78 is 11.9. The van der Waals surface area contributed by atoms with Gasteiger partial charge in [0.15, 0.2) is 35.3 Å². The van der Waals surface area contributed by atoms with E-state index in [2.05, 4.69) is 30.5 Å². The van der Waals surface area contributed by atoms with Crippen LogP contribution in [0.15, 0.2) is 24.3 Å². The van der Waals surface area contributed by atoms with Crippen LogP contribution >= 0.6 is 0 Å². The highest BCUT2D eigenvalue weighted by Crippen LogP contribution is 2.33. The Kier molecular flexibility index (Phi) is 7.02. The maximum Gasteiger partial charge on any atom is 0.342 e. The fourth-order valence-corrected chi connectivity index (χ4v) is 3.54. The molecule has 0 radical (unpaired) electrons. The predicted octanol–water partition coefficient (Wildman–Crippen LogP) is -1.42. The van der Waals surface area contributed by atoms with E-state index in [1.54, 1.807) is 6.92 Å². The molecule has 3 aromatic heterocycles. The van der Waals surface area contributed by atoms with Gasteiger partial charge in [-0.15, -0.1) is 0 Å². The monoisotopic (exact) mass is 503 g/mol. The number of aliphatic carboxylic acids is 1. The molecule has 1 aliphatic heterocycles. The number of nitrogens with zero attached hydrogens (tertiary/aromatic N) is 5. The molecule has 6 N–H and O–H groups in total. The van der Waals surface area contributed by atoms with Crippen LogP contribution in [0.5, 0.6) is 0 Å². The second kappa shape index (κ2) is 10.2. The van der Waals surface area contributed by atoms with Crippen molar-refractivity contribution in [1.82, 2.24) is 29.7 Å². The van der Waals surface area contributed by atoms with Crippen molar-refractivity contribution in [3.63, 3.8) is 0 Å². The number of nitrogens with one attached hydrogen (secondary N) is 2. The van der Waals surface area contributed by atoms with E-state index in [0.717, 1.165) is 6.20 Å². The Balaban J connectivity index is 1.87. The first kappa shape index (κ1) is 24.9. The number of aldehydes is 1. The number of carbonyl (C=O) groups is 3. The minimum Gasteiger partial charge on any atom is -0.478 e. The summed E-state index contributed by atoms with van der Waals surface area (Å²) in [7, 11) is 0. The lowest BCUT2D eigenvalue weighted by molar-refractivity contribution is -0.133. The molecule has 4 atom stereocenters. The second-order valence-electron chi connectivity index (χ2n) is 7.48. The number of anilines is 1. The molecule has 0 saturated carbocycles. The van der Waals surface area contributed by atoms with Crippen LogP contribution in [0.3, 0.4) is 0 Å². The highest BCUT2D eigenvalue weighted by molar-refractivity contribution is 6.07. The van der Waals surface area contributed by atoms with Gasteiger partial charge in [-0.25, -0.2) is 24.5 Å². The third-order valence-corrected chi connectivity index (χ3v) is 5.30. The molecule has 16 nitrogen and oxygen atoms in total. The van der Waals surface area contributed by atoms with Gasteiger partial charge in [-0.2, -0.15) is 5.10 Å². The molecule has 190 valence electrons. The number of rotatable bonds is 9. The number of aromatic amines is 1. The van der Waals surface area contributed by atoms with Gasteiger partial charge in [-0.05, 0) is 6.92 Å². The highest BCUT2D eigenvalue weighted by Gasteiger charge is 2.44. The Morgan fingerprint density at radius 1 is 1.31 bits per heavy atom. The molecule has 1 fully saturated rings. The van der Waals surface area contributed by atoms with E-state index in [0.29, 0.717) is 0 Å². The Bertz CT molecular complexity index is 1330. The summed E-state index contributed by atoms with van der Waals surface area (Å²) in [5.41, 5.74) is -0.512. The van der Waals surface area contributed by atoms with E-state index >= 15 is 0 Å². The number of ether oxygens (including phenoxy) is 2. The smallest absolute Gasteiger partial charge is 0.342 e. The van der Waals surface area contributed by atoms with Gasteiger partial charge in [-0.1, -0.05) is 0 Å². The van der Waals surface area contributed by atoms with Crippen molar-refractivity contribution >= 4 is 35.2 Å². The molecule has 1 aliphatic rings. The first-order valence-electron chi connectivity index (χ1n) is 10.5. The normalized spacial score (nSPS) is 22.1. The number of carboxylic acids is 1. The summed E-state index contributed by atoms with van der Waals surface area (Å²) in [6.45, 7) is 1.17. The summed E-state index contributed by atoms with van der Waals surface area (Å²) in [4.78, 5) is 47.5. The van der Waals surface area contributed by atoms with Gasteiger partial charge in [0.2, 0.25) is 0 Å². The van der Waals surface area contributed by atoms with Crippen LogP contribution in [0, 0.1) is 0 Å². The van der Waals surface area contributed by atoms with Crippen molar-refractivity contribution in [1.29, 1.82) is 0 Å². The number of hydrogen-bond donors (Lipinski definition) is 6. The molecule has 0 aromatic carbocycles. The lowest BCUT2D eigenvalue weighted by Gasteiger charge is -2.17. The van der Waals surface area contributed by atoms with Crippen molar-refractivity contribution < 1.29 is 44.3 Å². The Morgan fingerprint density at radius 3 is 2.72 bits per heavy atom. The topological polar surface area (TPSA) is 235 Å². The van der Waals surface area contributed by atoms with Crippen molar-refractivity contribution in [3.05, 3.63) is 29.9 Å². The number of carbonyl (C=O) groups excluding carboxylic acids is 2. The minimum absolute atomic E-state index is 0.00914. The van der Waals surface area contributed by atoms with E-state index in [4.69, 9.17) is 14.6 Å². The van der Waals surface area contributed by atoms with Gasteiger partial charge in [0.05, 0.1) is 19.5 Å². The second-order valence-corrected chi connectivity index (χ2v) is 7.48. The lowest BCUT2D eigenvalue weighted by Crippen LogP contribution is -2.33. The molecule has 1 saturated heterocycles. The first-order valence-corrected chi connectivity index (χ1v) is 10.5. The summed E-state index contributed by atoms with van der Waals surface area (Å²) in [5.74, 6) is -2.39. The number of hydrogen-bond acceptors (Lipinski definition) is 13. The van der Waals surface area contributed by atoms with Crippen molar-refractivity contribution in [3.8, 4) is 11.5 Å². The number of esters is 1. The Labute approximate surface area is 201 Å². The summed E-state index contributed by atoms with van der Waals surface area (Å²) >= 11 is 0. The van der Waals surface area contributed by atoms with Crippen LogP contribution in [-0.2, 0) is 19.1 Å². The van der Waals surface area contributed by atoms with E-state index in [1.807, 2.05) is 0 Å². The van der Waals surface area contributed by atoms with Crippen molar-refractivity contribution in [2.45, 2.75) is 31.5 Å². The van der Waals surface area contributed by atoms with Gasteiger partial charge in [-0.3, -0.25) is 14.5 Å². The van der Waals surface area contributed by atoms with E-state index in [1.165, 1.54) is 17.1 Å². The molecule has 3 aromatic rings. The number of aliphatic hydroxyl groups is 3. The molecule has 0 amide bonds. The zero-order chi connectivity index (χ0) is 26.0. The summed E-state index contributed by atoms with van der Waals surface area (Å²) in [6.07, 6.45) is -1.60. The molecule has 36 heavy (non-hydrogen) atoms. The number of imidazole rings is 1. The fraction of sp³-hybridized carbons (Fsp3) is 0.350. The molecule has 4 heterocycles. The molecule has 0 bridgehead atoms. The van der Waals surface area contributed by atoms with Gasteiger partial charge < -0.3 is 35.2 Å². The van der Waals surface area contributed by atoms with Crippen LogP contribution in [0.1, 0.15) is 23.5 Å². The fourth-order valence-electron chi connectivity index (χ4n) is 3.54. The molecule has 4 rings (SSSR count). The largest absolute Gasteiger partial charge is 0.478 e. The van der Waals surface area contributed by atoms with Crippen LogP contribution in [0.4, 0.5) is 5.82 Å². The number of fused-ring (bicyclic) bond motifs is 1. The van der Waals surface area contributed by atoms with Crippen molar-refractivity contribution in [2.75, 3.05) is 18.5 Å². The van der Waals surface area contributed by atoms with Crippen LogP contribution in [0.2, 0.25) is 0 Å². The van der Waals surface area contributed by atoms with E-state index in [-0.39, 0.29) is 47.0 Å². The van der Waals surface area contributed by atoms with Gasteiger partial charge >= 0.3 is 11.9 Å². The summed E-state index contributed by atoms with van der Waals surface area (Å²) in [5, 5.41) is 48.3. The molecule has 16 heteroatoms. The number of H-pyrrole nitrogens is 1. The Morgan fingerprint density at radius 2 is 2.08 bits per heavy atom. The maximum atomic E-state index is 12.4. The van der Waals surface area contributed by atoms with Gasteiger partial charge in [0, 0.05) is 12.4 Å². The highest BCUT2D eigenvalue weighted by atomic mass is 16.6. The van der Waals surface area contributed by atoms with E-state index < -0.39 is 48.7 Å². The third-order valence-electron chi connectivity index (χ3n) is 5.30. The molecule has 0 spiro atoms. The van der Waals surface area contributed by atoms with E-state index in [9.17, 15) is 29.7 Å². The summed E-state index contributed by atoms with van der Waals surface area (Å²) in [6, 6.07) is 0. The lowest BCUT2D eigenvalue weighted by atomic mass is 10.1. The van der Waals surface area contributed by atoms with Gasteiger partial charge in [0.1, 0.15) is 35.1 Å². The molecule has 0 aliphatic carbocycles. The number of aliphatic hydroxyl groups excluding tert-OH is 3. The average molecular weight is 503 g/mol. The van der Waals surface area contributed by atoms with Crippen molar-refractivity contribution in [2.24, 2.45) is 0 Å². The van der Waals surface area contributed by atoms with Crippen LogP contribution in [0.25, 0.3) is 22.7 Å². The Hall–Kier alpha value is -4.25. The zero-order valence-corrected chi connectivity index (χ0v) is 18.6. The molecular formula is C20H21N7O9. The third kappa shape index (κ3) is 4.40. The minimum atomic E-state index is -1.49. The SMILES string of the molecule is CCOC(=O)c1c[nH]nc1-c1nc(NC=C(C=O)C(=O)O)c2ncn([C@@H]3O[C@H](CO)[C@@H](O)[C@H]3O)c2n1. The van der Waals surface area contributed by atoms with Crippen LogP contribution < -0.4 is 5.32 Å². The predicted molar refractivity (Wildman–Crippen MR) is 117 cm³/mol.